The number of nitrogens with zero attached hydrogens (tertiary/aromatic N) is 4. The van der Waals surface area contributed by atoms with Gasteiger partial charge >= 0.3 is 0 Å². The van der Waals surface area contributed by atoms with Gasteiger partial charge in [0.05, 0.1) is 5.69 Å². The fourth-order valence-electron chi connectivity index (χ4n) is 2.07. The molecular formula is C14H15N5. The normalized spacial score (nSPS) is 11.3. The molecule has 5 nitrogen and oxygen atoms in total. The van der Waals surface area contributed by atoms with Crippen LogP contribution in [0.4, 0.5) is 5.95 Å². The third-order valence-corrected chi connectivity index (χ3v) is 3.13. The van der Waals surface area contributed by atoms with Gasteiger partial charge in [-0.1, -0.05) is 38.1 Å². The van der Waals surface area contributed by atoms with Gasteiger partial charge in [-0.3, -0.25) is 0 Å². The molecule has 96 valence electrons. The summed E-state index contributed by atoms with van der Waals surface area (Å²) in [5.74, 6) is 1.27. The average molecular weight is 253 g/mol. The Hall–Kier alpha value is -2.43. The highest BCUT2D eigenvalue weighted by molar-refractivity contribution is 5.62. The summed E-state index contributed by atoms with van der Waals surface area (Å²) in [5.41, 5.74) is 8.94. The highest BCUT2D eigenvalue weighted by Crippen LogP contribution is 2.22. The molecule has 0 aliphatic rings. The molecule has 19 heavy (non-hydrogen) atoms. The zero-order valence-corrected chi connectivity index (χ0v) is 10.9. The van der Waals surface area contributed by atoms with E-state index in [2.05, 4.69) is 53.2 Å². The van der Waals surface area contributed by atoms with Gasteiger partial charge in [-0.2, -0.15) is 9.50 Å². The molecule has 0 amide bonds. The van der Waals surface area contributed by atoms with Crippen molar-refractivity contribution in [1.82, 2.24) is 19.6 Å². The summed E-state index contributed by atoms with van der Waals surface area (Å²) in [7, 11) is 0. The fraction of sp³-hybridized carbons (Fsp3) is 0.214. The Morgan fingerprint density at radius 2 is 1.84 bits per heavy atom. The minimum absolute atomic E-state index is 0.235. The van der Waals surface area contributed by atoms with Crippen LogP contribution < -0.4 is 5.73 Å². The summed E-state index contributed by atoms with van der Waals surface area (Å²) in [4.78, 5) is 8.21. The molecule has 0 aliphatic carbocycles. The predicted molar refractivity (Wildman–Crippen MR) is 74.7 cm³/mol. The van der Waals surface area contributed by atoms with E-state index in [9.17, 15) is 0 Å². The molecule has 0 bridgehead atoms. The van der Waals surface area contributed by atoms with Crippen molar-refractivity contribution in [3.63, 3.8) is 0 Å². The minimum Gasteiger partial charge on any atom is -0.366 e. The Bertz CT molecular complexity index is 712. The van der Waals surface area contributed by atoms with Crippen molar-refractivity contribution < 1.29 is 0 Å². The van der Waals surface area contributed by atoms with Gasteiger partial charge in [0.2, 0.25) is 5.95 Å². The molecule has 0 unspecified atom stereocenters. The smallest absolute Gasteiger partial charge is 0.254 e. The molecule has 0 atom stereocenters. The zero-order chi connectivity index (χ0) is 13.4. The molecule has 1 aromatic carbocycles. The van der Waals surface area contributed by atoms with E-state index in [1.165, 1.54) is 5.56 Å². The van der Waals surface area contributed by atoms with Crippen molar-refractivity contribution in [2.75, 3.05) is 5.73 Å². The predicted octanol–water partition coefficient (Wildman–Crippen LogP) is 2.50. The van der Waals surface area contributed by atoms with Crippen molar-refractivity contribution in [1.29, 1.82) is 0 Å². The van der Waals surface area contributed by atoms with E-state index in [4.69, 9.17) is 5.73 Å². The van der Waals surface area contributed by atoms with Crippen molar-refractivity contribution >= 4 is 11.7 Å². The van der Waals surface area contributed by atoms with Crippen molar-refractivity contribution in [2.45, 2.75) is 19.8 Å². The number of aromatic nitrogens is 4. The summed E-state index contributed by atoms with van der Waals surface area (Å²) in [6.45, 7) is 4.36. The molecular weight excluding hydrogens is 238 g/mol. The van der Waals surface area contributed by atoms with Gasteiger partial charge in [-0.15, -0.1) is 5.10 Å². The summed E-state index contributed by atoms with van der Waals surface area (Å²) in [5, 5.41) is 4.17. The summed E-state index contributed by atoms with van der Waals surface area (Å²) < 4.78 is 1.67. The van der Waals surface area contributed by atoms with E-state index in [1.807, 2.05) is 6.07 Å². The van der Waals surface area contributed by atoms with Crippen molar-refractivity contribution in [3.05, 3.63) is 42.1 Å². The van der Waals surface area contributed by atoms with Crippen LogP contribution in [-0.2, 0) is 0 Å². The number of fused-ring (bicyclic) bond motifs is 1. The van der Waals surface area contributed by atoms with E-state index < -0.39 is 0 Å². The fourth-order valence-corrected chi connectivity index (χ4v) is 2.07. The Morgan fingerprint density at radius 1 is 1.11 bits per heavy atom. The number of hydrogen-bond acceptors (Lipinski definition) is 4. The van der Waals surface area contributed by atoms with E-state index in [1.54, 1.807) is 10.7 Å². The first-order valence-electron chi connectivity index (χ1n) is 6.23. The van der Waals surface area contributed by atoms with Crippen LogP contribution in [0.1, 0.15) is 25.3 Å². The lowest BCUT2D eigenvalue weighted by Crippen LogP contribution is -1.96. The molecule has 2 aromatic heterocycles. The minimum atomic E-state index is 0.235. The Balaban J connectivity index is 2.13. The largest absolute Gasteiger partial charge is 0.366 e. The number of benzene rings is 1. The van der Waals surface area contributed by atoms with Gasteiger partial charge < -0.3 is 5.73 Å². The van der Waals surface area contributed by atoms with E-state index in [0.717, 1.165) is 11.3 Å². The van der Waals surface area contributed by atoms with Gasteiger partial charge in [0.15, 0.2) is 0 Å². The monoisotopic (exact) mass is 253 g/mol. The molecule has 0 saturated heterocycles. The molecule has 0 radical (unpaired) electrons. The van der Waals surface area contributed by atoms with Crippen molar-refractivity contribution in [3.8, 4) is 11.3 Å². The Morgan fingerprint density at radius 3 is 2.53 bits per heavy atom. The van der Waals surface area contributed by atoms with E-state index in [-0.39, 0.29) is 5.95 Å². The third kappa shape index (κ3) is 2.03. The molecule has 3 rings (SSSR count). The topological polar surface area (TPSA) is 69.1 Å². The second-order valence-electron chi connectivity index (χ2n) is 4.79. The van der Waals surface area contributed by atoms with Gasteiger partial charge in [-0.25, -0.2) is 4.98 Å². The van der Waals surface area contributed by atoms with Gasteiger partial charge in [0, 0.05) is 11.8 Å². The molecule has 0 spiro atoms. The van der Waals surface area contributed by atoms with Crippen molar-refractivity contribution in [2.24, 2.45) is 0 Å². The second-order valence-corrected chi connectivity index (χ2v) is 4.79. The first-order chi connectivity index (χ1) is 9.15. The van der Waals surface area contributed by atoms with Gasteiger partial charge in [0.25, 0.3) is 5.78 Å². The first kappa shape index (κ1) is 11.6. The highest BCUT2D eigenvalue weighted by atomic mass is 15.4. The van der Waals surface area contributed by atoms with Crippen LogP contribution in [0.15, 0.2) is 36.5 Å². The summed E-state index contributed by atoms with van der Waals surface area (Å²) >= 11 is 0. The molecule has 0 fully saturated rings. The van der Waals surface area contributed by atoms with Crippen LogP contribution in [0.5, 0.6) is 0 Å². The van der Waals surface area contributed by atoms with Gasteiger partial charge in [-0.05, 0) is 17.5 Å². The number of anilines is 1. The maximum atomic E-state index is 5.62. The first-order valence-corrected chi connectivity index (χ1v) is 6.23. The van der Waals surface area contributed by atoms with Gasteiger partial charge in [0.1, 0.15) is 0 Å². The van der Waals surface area contributed by atoms with Crippen LogP contribution in [0.3, 0.4) is 0 Å². The van der Waals surface area contributed by atoms with Crippen LogP contribution in [0, 0.1) is 0 Å². The lowest BCUT2D eigenvalue weighted by atomic mass is 10.0. The van der Waals surface area contributed by atoms with Crippen LogP contribution in [0.2, 0.25) is 0 Å². The SMILES string of the molecule is CC(C)c1ccc(-c2ccnc3nc(N)nn23)cc1. The molecule has 5 heteroatoms. The lowest BCUT2D eigenvalue weighted by Gasteiger charge is -2.07. The number of rotatable bonds is 2. The number of nitrogens with two attached hydrogens (primary N) is 1. The van der Waals surface area contributed by atoms with Crippen LogP contribution >= 0.6 is 0 Å². The maximum Gasteiger partial charge on any atom is 0.254 e. The highest BCUT2D eigenvalue weighted by Gasteiger charge is 2.08. The molecule has 0 saturated carbocycles. The molecule has 2 N–H and O–H groups in total. The quantitative estimate of drug-likeness (QED) is 0.761. The summed E-state index contributed by atoms with van der Waals surface area (Å²) in [6.07, 6.45) is 1.72. The van der Waals surface area contributed by atoms with Crippen LogP contribution in [0.25, 0.3) is 17.0 Å². The third-order valence-electron chi connectivity index (χ3n) is 3.13. The maximum absolute atomic E-state index is 5.62. The second kappa shape index (κ2) is 4.35. The van der Waals surface area contributed by atoms with E-state index in [0.29, 0.717) is 11.7 Å². The molecule has 2 heterocycles. The molecule has 3 aromatic rings. The lowest BCUT2D eigenvalue weighted by molar-refractivity contribution is 0.866. The standard InChI is InChI=1S/C14H15N5/c1-9(2)10-3-5-11(6-4-10)12-7-8-16-14-17-13(15)18-19(12)14/h3-9H,1-2H3,(H2,15,18). The number of hydrogen-bond donors (Lipinski definition) is 1. The summed E-state index contributed by atoms with van der Waals surface area (Å²) in [6, 6.07) is 10.3. The van der Waals surface area contributed by atoms with Crippen LogP contribution in [-0.4, -0.2) is 19.6 Å². The zero-order valence-electron chi connectivity index (χ0n) is 10.9. The van der Waals surface area contributed by atoms with E-state index >= 15 is 0 Å². The average Bonchev–Trinajstić information content (AvgIpc) is 2.78. The molecule has 0 aliphatic heterocycles. The Labute approximate surface area is 111 Å². The Kier molecular flexibility index (Phi) is 2.67. The number of nitrogen functional groups attached to an aromatic ring is 1.